The number of thiazole rings is 1. The Balaban J connectivity index is 2.10. The Bertz CT molecular complexity index is 537. The van der Waals surface area contributed by atoms with Gasteiger partial charge in [0, 0.05) is 17.8 Å². The van der Waals surface area contributed by atoms with E-state index in [1.54, 1.807) is 19.3 Å². The molecule has 0 unspecified atom stereocenters. The molecule has 0 aliphatic heterocycles. The summed E-state index contributed by atoms with van der Waals surface area (Å²) in [5.41, 5.74) is 1.69. The highest BCUT2D eigenvalue weighted by Crippen LogP contribution is 2.20. The molecule has 2 aromatic heterocycles. The number of ether oxygens (including phenoxy) is 1. The Morgan fingerprint density at radius 2 is 2.11 bits per heavy atom. The summed E-state index contributed by atoms with van der Waals surface area (Å²) in [4.78, 5) is 24.0. The summed E-state index contributed by atoms with van der Waals surface area (Å²) >= 11 is 1.42. The Hall–Kier alpha value is -1.82. The predicted molar refractivity (Wildman–Crippen MR) is 68.2 cm³/mol. The first-order chi connectivity index (χ1) is 8.69. The van der Waals surface area contributed by atoms with Crippen LogP contribution in [-0.2, 0) is 16.0 Å². The van der Waals surface area contributed by atoms with Crippen molar-refractivity contribution in [3.05, 3.63) is 29.0 Å². The molecule has 0 aliphatic carbocycles. The van der Waals surface area contributed by atoms with E-state index < -0.39 is 0 Å². The van der Waals surface area contributed by atoms with Crippen molar-refractivity contribution in [1.29, 1.82) is 0 Å². The molecule has 2 rings (SSSR count). The Labute approximate surface area is 109 Å². The van der Waals surface area contributed by atoms with E-state index in [9.17, 15) is 4.79 Å². The van der Waals surface area contributed by atoms with Crippen LogP contribution in [0.3, 0.4) is 0 Å². The molecule has 0 saturated carbocycles. The highest BCUT2D eigenvalue weighted by Gasteiger charge is 2.10. The molecule has 5 nitrogen and oxygen atoms in total. The maximum absolute atomic E-state index is 11.3. The fourth-order valence-electron chi connectivity index (χ4n) is 1.35. The largest absolute Gasteiger partial charge is 0.466 e. The van der Waals surface area contributed by atoms with Crippen LogP contribution in [0, 0.1) is 6.92 Å². The molecule has 0 spiro atoms. The van der Waals surface area contributed by atoms with Gasteiger partial charge in [0.15, 0.2) is 10.8 Å². The van der Waals surface area contributed by atoms with Crippen LogP contribution < -0.4 is 0 Å². The number of hydrogen-bond acceptors (Lipinski definition) is 6. The van der Waals surface area contributed by atoms with Gasteiger partial charge in [0.05, 0.1) is 18.7 Å². The summed E-state index contributed by atoms with van der Waals surface area (Å²) in [7, 11) is 0. The van der Waals surface area contributed by atoms with E-state index in [0.29, 0.717) is 23.1 Å². The molecule has 0 amide bonds. The smallest absolute Gasteiger partial charge is 0.311 e. The van der Waals surface area contributed by atoms with Crippen molar-refractivity contribution >= 4 is 17.3 Å². The van der Waals surface area contributed by atoms with Gasteiger partial charge in [0.2, 0.25) is 0 Å². The number of rotatable bonds is 4. The molecule has 0 saturated heterocycles. The van der Waals surface area contributed by atoms with Crippen molar-refractivity contribution in [2.24, 2.45) is 0 Å². The third kappa shape index (κ3) is 3.10. The minimum Gasteiger partial charge on any atom is -0.466 e. The van der Waals surface area contributed by atoms with Crippen LogP contribution in [0.25, 0.3) is 10.8 Å². The van der Waals surface area contributed by atoms with Crippen LogP contribution in [0.4, 0.5) is 0 Å². The summed E-state index contributed by atoms with van der Waals surface area (Å²) < 4.78 is 4.87. The van der Waals surface area contributed by atoms with Crippen LogP contribution in [0.1, 0.15) is 18.2 Å². The average molecular weight is 263 g/mol. The van der Waals surface area contributed by atoms with E-state index in [1.807, 2.05) is 12.3 Å². The molecular formula is C12H13N3O2S. The molecule has 0 fully saturated rings. The van der Waals surface area contributed by atoms with Gasteiger partial charge >= 0.3 is 5.97 Å². The van der Waals surface area contributed by atoms with Crippen molar-refractivity contribution in [2.45, 2.75) is 20.3 Å². The van der Waals surface area contributed by atoms with Crippen LogP contribution >= 0.6 is 11.3 Å². The lowest BCUT2D eigenvalue weighted by Gasteiger charge is -1.98. The lowest BCUT2D eigenvalue weighted by Crippen LogP contribution is -2.07. The monoisotopic (exact) mass is 263 g/mol. The summed E-state index contributed by atoms with van der Waals surface area (Å²) in [6.45, 7) is 4.10. The van der Waals surface area contributed by atoms with Gasteiger partial charge in [0.25, 0.3) is 0 Å². The van der Waals surface area contributed by atoms with E-state index >= 15 is 0 Å². The van der Waals surface area contributed by atoms with E-state index in [-0.39, 0.29) is 12.4 Å². The molecule has 0 aromatic carbocycles. The number of esters is 1. The van der Waals surface area contributed by atoms with Crippen LogP contribution in [0.2, 0.25) is 0 Å². The fraction of sp³-hybridized carbons (Fsp3) is 0.333. The number of hydrogen-bond donors (Lipinski definition) is 0. The summed E-state index contributed by atoms with van der Waals surface area (Å²) in [5.74, 6) is 0.319. The number of aromatic nitrogens is 3. The first-order valence-corrected chi connectivity index (χ1v) is 6.46. The second-order valence-electron chi connectivity index (χ2n) is 3.71. The maximum atomic E-state index is 11.3. The van der Waals surface area contributed by atoms with E-state index in [0.717, 1.165) is 5.56 Å². The Morgan fingerprint density at radius 3 is 2.78 bits per heavy atom. The molecule has 2 aromatic rings. The molecule has 2 heterocycles. The zero-order valence-corrected chi connectivity index (χ0v) is 11.0. The molecule has 0 N–H and O–H groups in total. The molecule has 0 atom stereocenters. The van der Waals surface area contributed by atoms with Gasteiger partial charge in [-0.05, 0) is 19.4 Å². The van der Waals surface area contributed by atoms with Gasteiger partial charge in [-0.1, -0.05) is 0 Å². The number of aryl methyl sites for hydroxylation is 1. The maximum Gasteiger partial charge on any atom is 0.311 e. The normalized spacial score (nSPS) is 10.3. The molecule has 94 valence electrons. The summed E-state index contributed by atoms with van der Waals surface area (Å²) in [5, 5.41) is 2.55. The quantitative estimate of drug-likeness (QED) is 0.789. The molecule has 18 heavy (non-hydrogen) atoms. The van der Waals surface area contributed by atoms with Crippen LogP contribution in [0.15, 0.2) is 17.8 Å². The number of nitrogens with zero attached hydrogens (tertiary/aromatic N) is 3. The van der Waals surface area contributed by atoms with Gasteiger partial charge in [-0.2, -0.15) is 0 Å². The fourth-order valence-corrected chi connectivity index (χ4v) is 2.12. The summed E-state index contributed by atoms with van der Waals surface area (Å²) in [6, 6.07) is 0. The second-order valence-corrected chi connectivity index (χ2v) is 4.57. The van der Waals surface area contributed by atoms with Crippen molar-refractivity contribution < 1.29 is 9.53 Å². The predicted octanol–water partition coefficient (Wildman–Crippen LogP) is 2.01. The second kappa shape index (κ2) is 5.68. The first-order valence-electron chi connectivity index (χ1n) is 5.58. The Kier molecular flexibility index (Phi) is 3.99. The van der Waals surface area contributed by atoms with Crippen molar-refractivity contribution in [1.82, 2.24) is 15.0 Å². The Morgan fingerprint density at radius 1 is 1.39 bits per heavy atom. The molecular weight excluding hydrogens is 250 g/mol. The van der Waals surface area contributed by atoms with Crippen LogP contribution in [-0.4, -0.2) is 27.5 Å². The molecule has 6 heteroatoms. The van der Waals surface area contributed by atoms with E-state index in [4.69, 9.17) is 4.74 Å². The molecule has 0 bridgehead atoms. The molecule has 0 aliphatic rings. The van der Waals surface area contributed by atoms with Gasteiger partial charge < -0.3 is 4.74 Å². The molecule has 0 radical (unpaired) electrons. The third-order valence-corrected chi connectivity index (χ3v) is 3.04. The van der Waals surface area contributed by atoms with E-state index in [1.165, 1.54) is 11.3 Å². The average Bonchev–Trinajstić information content (AvgIpc) is 2.78. The highest BCUT2D eigenvalue weighted by molar-refractivity contribution is 7.13. The van der Waals surface area contributed by atoms with Gasteiger partial charge in [-0.15, -0.1) is 11.3 Å². The zero-order chi connectivity index (χ0) is 13.0. The minimum absolute atomic E-state index is 0.191. The van der Waals surface area contributed by atoms with Crippen molar-refractivity contribution in [3.63, 3.8) is 0 Å². The minimum atomic E-state index is -0.265. The summed E-state index contributed by atoms with van der Waals surface area (Å²) in [6.07, 6.45) is 3.68. The van der Waals surface area contributed by atoms with Gasteiger partial charge in [0.1, 0.15) is 0 Å². The van der Waals surface area contributed by atoms with Crippen molar-refractivity contribution in [2.75, 3.05) is 6.61 Å². The van der Waals surface area contributed by atoms with Gasteiger partial charge in [-0.25, -0.2) is 15.0 Å². The van der Waals surface area contributed by atoms with Crippen molar-refractivity contribution in [3.8, 4) is 10.8 Å². The number of carbonyl (C=O) groups excluding carboxylic acids is 1. The standard InChI is InChI=1S/C12H13N3O2S/c1-3-17-10(16)4-9-7-18-12(15-9)11-13-5-8(2)6-14-11/h5-7H,3-4H2,1-2H3. The highest BCUT2D eigenvalue weighted by atomic mass is 32.1. The third-order valence-electron chi connectivity index (χ3n) is 2.15. The topological polar surface area (TPSA) is 65.0 Å². The van der Waals surface area contributed by atoms with Crippen LogP contribution in [0.5, 0.6) is 0 Å². The first kappa shape index (κ1) is 12.6. The SMILES string of the molecule is CCOC(=O)Cc1csc(-c2ncc(C)cn2)n1. The lowest BCUT2D eigenvalue weighted by molar-refractivity contribution is -0.142. The van der Waals surface area contributed by atoms with E-state index in [2.05, 4.69) is 15.0 Å². The lowest BCUT2D eigenvalue weighted by atomic mass is 10.3. The van der Waals surface area contributed by atoms with Gasteiger partial charge in [-0.3, -0.25) is 4.79 Å². The zero-order valence-electron chi connectivity index (χ0n) is 10.2. The number of carbonyl (C=O) groups is 1.